The standard InChI is InChI=1S/C53H63BN2O/c1-32-27-43-46-44(28-32)56(36-19-15-33(16-20-36)49(2,3)4)47-38-22-17-35(51(8,9)10)30-45(38)57-48(47)54(46)41-29-34(50(5,6)7)18-24-42(41)55(43)37-21-23-39-40(31-37)53(13,14)26-25-52(39,11)12/h15-24,27-31,47-48H,25-26H2,1-14H3. The monoisotopic (exact) mass is 755 g/mol. The molecule has 57 heavy (non-hydrogen) atoms. The van der Waals surface area contributed by atoms with Gasteiger partial charge in [-0.3, -0.25) is 0 Å². The van der Waals surface area contributed by atoms with Gasteiger partial charge >= 0.3 is 0 Å². The van der Waals surface area contributed by atoms with Crippen molar-refractivity contribution < 1.29 is 4.74 Å². The average Bonchev–Trinajstić information content (AvgIpc) is 3.50. The van der Waals surface area contributed by atoms with Crippen LogP contribution >= 0.6 is 0 Å². The van der Waals surface area contributed by atoms with Gasteiger partial charge in [0, 0.05) is 34.0 Å². The molecule has 2 unspecified atom stereocenters. The number of anilines is 5. The zero-order valence-corrected chi connectivity index (χ0v) is 37.1. The Morgan fingerprint density at radius 2 is 1.14 bits per heavy atom. The van der Waals surface area contributed by atoms with Crippen LogP contribution in [0.3, 0.4) is 0 Å². The minimum absolute atomic E-state index is 0.00567. The molecule has 4 aliphatic rings. The van der Waals surface area contributed by atoms with E-state index in [0.29, 0.717) is 0 Å². The first-order valence-corrected chi connectivity index (χ1v) is 21.5. The normalized spacial score (nSPS) is 20.3. The minimum Gasteiger partial charge on any atom is -0.495 e. The quantitative estimate of drug-likeness (QED) is 0.167. The highest BCUT2D eigenvalue weighted by Gasteiger charge is 2.55. The van der Waals surface area contributed by atoms with E-state index < -0.39 is 0 Å². The first kappa shape index (κ1) is 38.1. The molecule has 2 atom stereocenters. The first-order chi connectivity index (χ1) is 26.5. The second kappa shape index (κ2) is 12.3. The second-order valence-corrected chi connectivity index (χ2v) is 22.2. The van der Waals surface area contributed by atoms with Crippen LogP contribution < -0.4 is 25.5 Å². The zero-order chi connectivity index (χ0) is 40.8. The lowest BCUT2D eigenvalue weighted by atomic mass is 9.32. The number of ether oxygens (including phenoxy) is 1. The molecule has 0 saturated heterocycles. The van der Waals surface area contributed by atoms with Gasteiger partial charge in [0.1, 0.15) is 11.8 Å². The summed E-state index contributed by atoms with van der Waals surface area (Å²) in [6, 6.07) is 35.9. The lowest BCUT2D eigenvalue weighted by Gasteiger charge is -2.48. The number of rotatable bonds is 2. The van der Waals surface area contributed by atoms with Gasteiger partial charge in [0.05, 0.1) is 6.04 Å². The maximum Gasteiger partial charge on any atom is 0.267 e. The van der Waals surface area contributed by atoms with Gasteiger partial charge in [0.25, 0.3) is 6.71 Å². The van der Waals surface area contributed by atoms with Crippen molar-refractivity contribution in [2.75, 3.05) is 9.80 Å². The SMILES string of the molecule is Cc1cc2c3c(c1)N(c1ccc(C(C)(C)C)cc1)C1c4ccc(C(C)(C)C)cc4OC1B3c1cc(C(C)(C)C)ccc1N2c1ccc2c(c1)C(C)(C)CCC2(C)C. The fourth-order valence-corrected chi connectivity index (χ4v) is 10.4. The molecule has 9 rings (SSSR count). The molecule has 0 saturated carbocycles. The third-order valence-corrected chi connectivity index (χ3v) is 14.0. The van der Waals surface area contributed by atoms with Crippen molar-refractivity contribution in [3.63, 3.8) is 0 Å². The van der Waals surface area contributed by atoms with Crippen LogP contribution in [0.4, 0.5) is 28.4 Å². The zero-order valence-electron chi connectivity index (χ0n) is 37.1. The minimum atomic E-state index is -0.120. The van der Waals surface area contributed by atoms with Crippen molar-refractivity contribution in [2.45, 2.75) is 149 Å². The van der Waals surface area contributed by atoms with E-state index in [0.717, 1.165) is 5.75 Å². The van der Waals surface area contributed by atoms with Crippen molar-refractivity contribution in [1.29, 1.82) is 0 Å². The highest BCUT2D eigenvalue weighted by atomic mass is 16.5. The van der Waals surface area contributed by atoms with Crippen LogP contribution in [-0.4, -0.2) is 12.7 Å². The molecule has 3 heterocycles. The van der Waals surface area contributed by atoms with Crippen LogP contribution in [0.2, 0.25) is 0 Å². The number of hydrogen-bond donors (Lipinski definition) is 0. The largest absolute Gasteiger partial charge is 0.495 e. The third kappa shape index (κ3) is 5.98. The molecule has 0 aromatic heterocycles. The fourth-order valence-electron chi connectivity index (χ4n) is 10.4. The summed E-state index contributed by atoms with van der Waals surface area (Å²) in [5, 5.41) is 0. The fraction of sp³-hybridized carbons (Fsp3) is 0.434. The summed E-state index contributed by atoms with van der Waals surface area (Å²) >= 11 is 0. The van der Waals surface area contributed by atoms with Crippen LogP contribution in [0.25, 0.3) is 0 Å². The van der Waals surface area contributed by atoms with Crippen LogP contribution in [-0.2, 0) is 27.1 Å². The Morgan fingerprint density at radius 1 is 0.579 bits per heavy atom. The summed E-state index contributed by atoms with van der Waals surface area (Å²) in [6.45, 7) is 32.9. The molecule has 4 heteroatoms. The number of aryl methyl sites for hydroxylation is 1. The maximum absolute atomic E-state index is 7.44. The van der Waals surface area contributed by atoms with Crippen molar-refractivity contribution in [2.24, 2.45) is 0 Å². The predicted molar refractivity (Wildman–Crippen MR) is 244 cm³/mol. The molecule has 0 N–H and O–H groups in total. The highest BCUT2D eigenvalue weighted by Crippen LogP contribution is 2.54. The van der Waals surface area contributed by atoms with Gasteiger partial charge in [0.2, 0.25) is 0 Å². The van der Waals surface area contributed by atoms with E-state index in [1.54, 1.807) is 0 Å². The van der Waals surface area contributed by atoms with Gasteiger partial charge in [-0.05, 0) is 140 Å². The molecule has 1 aliphatic carbocycles. The van der Waals surface area contributed by atoms with Crippen LogP contribution in [0.5, 0.6) is 5.75 Å². The lowest BCUT2D eigenvalue weighted by molar-refractivity contribution is 0.282. The van der Waals surface area contributed by atoms with Gasteiger partial charge in [-0.1, -0.05) is 132 Å². The van der Waals surface area contributed by atoms with Gasteiger partial charge < -0.3 is 14.5 Å². The van der Waals surface area contributed by atoms with Crippen LogP contribution in [0.15, 0.2) is 91.0 Å². The topological polar surface area (TPSA) is 15.7 Å². The molecule has 0 spiro atoms. The number of nitrogens with zero attached hydrogens (tertiary/aromatic N) is 2. The third-order valence-electron chi connectivity index (χ3n) is 14.0. The molecule has 0 fully saturated rings. The molecule has 0 amide bonds. The molecule has 0 radical (unpaired) electrons. The Morgan fingerprint density at radius 3 is 1.79 bits per heavy atom. The smallest absolute Gasteiger partial charge is 0.267 e. The number of benzene rings is 5. The molecular weight excluding hydrogens is 691 g/mol. The molecule has 3 nitrogen and oxygen atoms in total. The van der Waals surface area contributed by atoms with E-state index in [1.807, 2.05) is 0 Å². The lowest BCUT2D eigenvalue weighted by Crippen LogP contribution is -2.65. The van der Waals surface area contributed by atoms with E-state index >= 15 is 0 Å². The molecule has 294 valence electrons. The van der Waals surface area contributed by atoms with E-state index in [9.17, 15) is 0 Å². The summed E-state index contributed by atoms with van der Waals surface area (Å²) in [7, 11) is 0. The Bertz CT molecular complexity index is 2430. The van der Waals surface area contributed by atoms with Gasteiger partial charge in [0.15, 0.2) is 0 Å². The summed E-state index contributed by atoms with van der Waals surface area (Å²) in [6.07, 6.45) is 2.39. The van der Waals surface area contributed by atoms with E-state index in [2.05, 4.69) is 198 Å². The summed E-state index contributed by atoms with van der Waals surface area (Å²) in [4.78, 5) is 5.24. The Hall–Kier alpha value is -4.44. The summed E-state index contributed by atoms with van der Waals surface area (Å²) < 4.78 is 7.44. The second-order valence-electron chi connectivity index (χ2n) is 22.2. The first-order valence-electron chi connectivity index (χ1n) is 21.5. The van der Waals surface area contributed by atoms with Crippen molar-refractivity contribution in [3.05, 3.63) is 130 Å². The molecule has 5 aromatic rings. The van der Waals surface area contributed by atoms with Gasteiger partial charge in [-0.25, -0.2) is 0 Å². The van der Waals surface area contributed by atoms with Crippen molar-refractivity contribution >= 4 is 46.1 Å². The van der Waals surface area contributed by atoms with Gasteiger partial charge in [-0.15, -0.1) is 0 Å². The average molecular weight is 755 g/mol. The van der Waals surface area contributed by atoms with E-state index in [1.165, 1.54) is 91.1 Å². The van der Waals surface area contributed by atoms with E-state index in [4.69, 9.17) is 4.74 Å². The van der Waals surface area contributed by atoms with Crippen molar-refractivity contribution in [1.82, 2.24) is 0 Å². The Balaban J connectivity index is 1.34. The van der Waals surface area contributed by atoms with Crippen LogP contribution in [0, 0.1) is 6.92 Å². The van der Waals surface area contributed by atoms with Crippen molar-refractivity contribution in [3.8, 4) is 5.75 Å². The molecule has 3 aliphatic heterocycles. The molecule has 0 bridgehead atoms. The number of hydrogen-bond acceptors (Lipinski definition) is 3. The molecule has 5 aromatic carbocycles. The Kier molecular flexibility index (Phi) is 8.22. The van der Waals surface area contributed by atoms with E-state index in [-0.39, 0.29) is 45.8 Å². The number of fused-ring (bicyclic) bond motifs is 7. The summed E-state index contributed by atoms with van der Waals surface area (Å²) in [5.41, 5.74) is 18.8. The summed E-state index contributed by atoms with van der Waals surface area (Å²) in [5.74, 6) is 1.02. The maximum atomic E-state index is 7.44. The van der Waals surface area contributed by atoms with Crippen LogP contribution in [0.1, 0.15) is 148 Å². The molecular formula is C53H63BN2O. The van der Waals surface area contributed by atoms with Gasteiger partial charge in [-0.2, -0.15) is 0 Å². The predicted octanol–water partition coefficient (Wildman–Crippen LogP) is 12.8. The highest BCUT2D eigenvalue weighted by molar-refractivity contribution is 6.91. The Labute approximate surface area is 343 Å².